The highest BCUT2D eigenvalue weighted by Gasteiger charge is 2.64. The molecular weight excluding hydrogens is 237 g/mol. The fourth-order valence-corrected chi connectivity index (χ4v) is 1.55. The molecule has 6 heteroatoms. The van der Waals surface area contributed by atoms with Gasteiger partial charge >= 0.3 is 12.0 Å². The molecule has 0 radical (unpaired) electrons. The zero-order valence-electron chi connectivity index (χ0n) is 9.03. The number of ether oxygens (including phenoxy) is 1. The predicted molar refractivity (Wildman–Crippen MR) is 51.5 cm³/mol. The Balaban J connectivity index is 2.40. The number of alkyl halides is 3. The SMILES string of the molecule is CCC1OOC(c2ccccc2)(C(F)(F)F)O1. The molecular formula is C11H11F3O3. The summed E-state index contributed by atoms with van der Waals surface area (Å²) in [5.41, 5.74) is -0.136. The Bertz CT molecular complexity index is 379. The van der Waals surface area contributed by atoms with Gasteiger partial charge in [-0.25, -0.2) is 4.89 Å². The van der Waals surface area contributed by atoms with E-state index < -0.39 is 18.3 Å². The van der Waals surface area contributed by atoms with Gasteiger partial charge in [-0.1, -0.05) is 37.3 Å². The van der Waals surface area contributed by atoms with Crippen molar-refractivity contribution >= 4 is 0 Å². The van der Waals surface area contributed by atoms with Crippen LogP contribution in [0.5, 0.6) is 0 Å². The third-order valence-electron chi connectivity index (χ3n) is 2.43. The van der Waals surface area contributed by atoms with E-state index in [4.69, 9.17) is 4.74 Å². The van der Waals surface area contributed by atoms with Gasteiger partial charge in [-0.05, 0) is 6.42 Å². The number of halogens is 3. The minimum Gasteiger partial charge on any atom is -0.304 e. The first-order valence-electron chi connectivity index (χ1n) is 5.14. The second-order valence-electron chi connectivity index (χ2n) is 3.62. The molecule has 1 saturated heterocycles. The molecule has 0 N–H and O–H groups in total. The molecule has 2 atom stereocenters. The van der Waals surface area contributed by atoms with Crippen molar-refractivity contribution in [1.82, 2.24) is 0 Å². The minimum absolute atomic E-state index is 0.136. The molecule has 0 amide bonds. The first kappa shape index (κ1) is 12.3. The van der Waals surface area contributed by atoms with Gasteiger partial charge in [0, 0.05) is 5.56 Å². The molecule has 2 unspecified atom stereocenters. The summed E-state index contributed by atoms with van der Waals surface area (Å²) in [5.74, 6) is -2.82. The fourth-order valence-electron chi connectivity index (χ4n) is 1.55. The largest absolute Gasteiger partial charge is 0.451 e. The molecule has 1 aliphatic heterocycles. The smallest absolute Gasteiger partial charge is 0.304 e. The van der Waals surface area contributed by atoms with Gasteiger partial charge < -0.3 is 4.74 Å². The van der Waals surface area contributed by atoms with Crippen LogP contribution in [0.2, 0.25) is 0 Å². The van der Waals surface area contributed by atoms with E-state index in [9.17, 15) is 13.2 Å². The summed E-state index contributed by atoms with van der Waals surface area (Å²) in [6, 6.07) is 7.15. The maximum Gasteiger partial charge on any atom is 0.451 e. The van der Waals surface area contributed by atoms with Gasteiger partial charge in [-0.3, -0.25) is 0 Å². The molecule has 0 saturated carbocycles. The van der Waals surface area contributed by atoms with Crippen LogP contribution in [-0.4, -0.2) is 12.5 Å². The molecule has 1 aliphatic rings. The summed E-state index contributed by atoms with van der Waals surface area (Å²) in [6.45, 7) is 1.64. The summed E-state index contributed by atoms with van der Waals surface area (Å²) in [4.78, 5) is 9.00. The summed E-state index contributed by atoms with van der Waals surface area (Å²) < 4.78 is 44.1. The van der Waals surface area contributed by atoms with Gasteiger partial charge in [0.1, 0.15) is 0 Å². The lowest BCUT2D eigenvalue weighted by molar-refractivity contribution is -0.419. The van der Waals surface area contributed by atoms with Crippen LogP contribution in [0.4, 0.5) is 13.2 Å². The van der Waals surface area contributed by atoms with Crippen LogP contribution >= 0.6 is 0 Å². The Hall–Kier alpha value is -1.11. The third-order valence-corrected chi connectivity index (χ3v) is 2.43. The first-order valence-corrected chi connectivity index (χ1v) is 5.14. The van der Waals surface area contributed by atoms with E-state index in [1.165, 1.54) is 24.3 Å². The third kappa shape index (κ3) is 2.03. The van der Waals surface area contributed by atoms with Gasteiger partial charge in [-0.15, -0.1) is 0 Å². The van der Waals surface area contributed by atoms with Crippen molar-refractivity contribution < 1.29 is 27.7 Å². The molecule has 0 aliphatic carbocycles. The second kappa shape index (κ2) is 4.29. The molecule has 1 aromatic carbocycles. The monoisotopic (exact) mass is 248 g/mol. The first-order chi connectivity index (χ1) is 7.99. The van der Waals surface area contributed by atoms with Crippen LogP contribution in [0.15, 0.2) is 30.3 Å². The van der Waals surface area contributed by atoms with Crippen molar-refractivity contribution in [3.8, 4) is 0 Å². The molecule has 94 valence electrons. The predicted octanol–water partition coefficient (Wildman–Crippen LogP) is 3.12. The van der Waals surface area contributed by atoms with E-state index in [0.717, 1.165) is 0 Å². The highest BCUT2D eigenvalue weighted by Crippen LogP contribution is 2.48. The van der Waals surface area contributed by atoms with Gasteiger partial charge in [0.25, 0.3) is 0 Å². The normalized spacial score (nSPS) is 29.5. The highest BCUT2D eigenvalue weighted by molar-refractivity contribution is 5.22. The summed E-state index contributed by atoms with van der Waals surface area (Å²) in [5, 5.41) is 0. The van der Waals surface area contributed by atoms with Crippen LogP contribution < -0.4 is 0 Å². The number of hydrogen-bond acceptors (Lipinski definition) is 3. The van der Waals surface area contributed by atoms with Crippen molar-refractivity contribution in [3.63, 3.8) is 0 Å². The highest BCUT2D eigenvalue weighted by atomic mass is 19.4. The Kier molecular flexibility index (Phi) is 3.11. The van der Waals surface area contributed by atoms with Crippen LogP contribution in [0.25, 0.3) is 0 Å². The second-order valence-corrected chi connectivity index (χ2v) is 3.62. The van der Waals surface area contributed by atoms with Crippen LogP contribution in [-0.2, 0) is 20.3 Å². The number of rotatable bonds is 2. The summed E-state index contributed by atoms with van der Waals surface area (Å²) in [7, 11) is 0. The molecule has 2 rings (SSSR count). The van der Waals surface area contributed by atoms with E-state index in [0.29, 0.717) is 0 Å². The number of hydrogen-bond donors (Lipinski definition) is 0. The lowest BCUT2D eigenvalue weighted by Crippen LogP contribution is -2.43. The van der Waals surface area contributed by atoms with Crippen molar-refractivity contribution in [3.05, 3.63) is 35.9 Å². The van der Waals surface area contributed by atoms with Gasteiger partial charge in [0.15, 0.2) is 6.29 Å². The van der Waals surface area contributed by atoms with Crippen LogP contribution in [0, 0.1) is 0 Å². The number of benzene rings is 1. The van der Waals surface area contributed by atoms with E-state index in [1.54, 1.807) is 13.0 Å². The fraction of sp³-hybridized carbons (Fsp3) is 0.455. The standard InChI is InChI=1S/C11H11F3O3/c1-2-9-15-10(17-16-9,11(12,13)14)8-6-4-3-5-7-8/h3-7,9H,2H2,1H3. The molecule has 0 bridgehead atoms. The van der Waals surface area contributed by atoms with Gasteiger partial charge in [0.05, 0.1) is 0 Å². The lowest BCUT2D eigenvalue weighted by Gasteiger charge is -2.27. The van der Waals surface area contributed by atoms with E-state index >= 15 is 0 Å². The topological polar surface area (TPSA) is 27.7 Å². The molecule has 3 nitrogen and oxygen atoms in total. The molecule has 0 spiro atoms. The van der Waals surface area contributed by atoms with Gasteiger partial charge in [-0.2, -0.15) is 18.1 Å². The summed E-state index contributed by atoms with van der Waals surface area (Å²) in [6.07, 6.45) is -5.46. The summed E-state index contributed by atoms with van der Waals surface area (Å²) >= 11 is 0. The lowest BCUT2D eigenvalue weighted by atomic mass is 10.1. The van der Waals surface area contributed by atoms with Crippen molar-refractivity contribution in [2.45, 2.75) is 31.6 Å². The zero-order chi connectivity index (χ0) is 12.5. The van der Waals surface area contributed by atoms with E-state index in [2.05, 4.69) is 9.78 Å². The van der Waals surface area contributed by atoms with Crippen molar-refractivity contribution in [2.24, 2.45) is 0 Å². The van der Waals surface area contributed by atoms with E-state index in [-0.39, 0.29) is 12.0 Å². The molecule has 1 heterocycles. The zero-order valence-corrected chi connectivity index (χ0v) is 9.03. The quantitative estimate of drug-likeness (QED) is 0.752. The molecule has 1 aromatic rings. The average molecular weight is 248 g/mol. The molecule has 17 heavy (non-hydrogen) atoms. The van der Waals surface area contributed by atoms with Crippen molar-refractivity contribution in [2.75, 3.05) is 0 Å². The van der Waals surface area contributed by atoms with E-state index in [1.807, 2.05) is 0 Å². The Morgan fingerprint density at radius 1 is 1.24 bits per heavy atom. The maximum atomic E-state index is 13.1. The Morgan fingerprint density at radius 3 is 2.35 bits per heavy atom. The minimum atomic E-state index is -4.71. The van der Waals surface area contributed by atoms with Crippen LogP contribution in [0.3, 0.4) is 0 Å². The molecule has 0 aromatic heterocycles. The Labute approximate surface area is 96.0 Å². The Morgan fingerprint density at radius 2 is 1.88 bits per heavy atom. The van der Waals surface area contributed by atoms with Gasteiger partial charge in [0.2, 0.25) is 0 Å². The van der Waals surface area contributed by atoms with Crippen LogP contribution in [0.1, 0.15) is 18.9 Å². The molecule has 1 fully saturated rings. The van der Waals surface area contributed by atoms with Crippen molar-refractivity contribution in [1.29, 1.82) is 0 Å². The maximum absolute atomic E-state index is 13.1. The average Bonchev–Trinajstić information content (AvgIpc) is 2.75.